The van der Waals surface area contributed by atoms with Crippen molar-refractivity contribution in [2.75, 3.05) is 19.4 Å². The van der Waals surface area contributed by atoms with Crippen molar-refractivity contribution < 1.29 is 9.53 Å². The van der Waals surface area contributed by atoms with Gasteiger partial charge in [-0.05, 0) is 59.5 Å². The van der Waals surface area contributed by atoms with Gasteiger partial charge in [-0.3, -0.25) is 4.79 Å². The Hall–Kier alpha value is -4.91. The lowest BCUT2D eigenvalue weighted by Crippen LogP contribution is -2.24. The van der Waals surface area contributed by atoms with Crippen LogP contribution in [0.15, 0.2) is 91.0 Å². The summed E-state index contributed by atoms with van der Waals surface area (Å²) in [6, 6.07) is 30.0. The number of nitrogens with zero attached hydrogens (tertiary/aromatic N) is 3. The van der Waals surface area contributed by atoms with Crippen molar-refractivity contribution in [3.05, 3.63) is 108 Å². The van der Waals surface area contributed by atoms with Crippen LogP contribution in [0.2, 0.25) is 0 Å². The number of carbonyl (C=O) groups excluding carboxylic acids is 1. The Balaban J connectivity index is 1.20. The Bertz CT molecular complexity index is 1830. The molecule has 0 atom stereocenters. The van der Waals surface area contributed by atoms with E-state index in [0.29, 0.717) is 24.3 Å². The van der Waals surface area contributed by atoms with E-state index >= 15 is 0 Å². The molecular weight excluding hydrogens is 498 g/mol. The first kappa shape index (κ1) is 25.4. The smallest absolute Gasteiger partial charge is 0.251 e. The van der Waals surface area contributed by atoms with E-state index in [1.165, 1.54) is 0 Å². The number of fused-ring (bicyclic) bond motifs is 4. The summed E-state index contributed by atoms with van der Waals surface area (Å²) < 4.78 is 7.59. The maximum atomic E-state index is 12.8. The van der Waals surface area contributed by atoms with Crippen molar-refractivity contribution in [2.24, 2.45) is 0 Å². The number of amides is 1. The van der Waals surface area contributed by atoms with Gasteiger partial charge in [-0.2, -0.15) is 0 Å². The Labute approximate surface area is 232 Å². The van der Waals surface area contributed by atoms with Gasteiger partial charge in [0.15, 0.2) is 5.82 Å². The molecule has 0 radical (unpaired) electrons. The molecular formula is C33H31N5O2. The van der Waals surface area contributed by atoms with Gasteiger partial charge in [0.25, 0.3) is 5.91 Å². The van der Waals surface area contributed by atoms with Crippen molar-refractivity contribution in [1.29, 1.82) is 0 Å². The summed E-state index contributed by atoms with van der Waals surface area (Å²) >= 11 is 0. The molecule has 0 aliphatic rings. The van der Waals surface area contributed by atoms with Gasteiger partial charge in [0.1, 0.15) is 17.1 Å². The minimum absolute atomic E-state index is 0.0520. The topological polar surface area (TPSA) is 95.1 Å². The van der Waals surface area contributed by atoms with Crippen molar-refractivity contribution in [3.8, 4) is 5.75 Å². The highest BCUT2D eigenvalue weighted by Crippen LogP contribution is 2.30. The molecule has 0 aliphatic heterocycles. The molecule has 200 valence electrons. The number of benzene rings is 4. The normalized spacial score (nSPS) is 11.3. The molecule has 7 heteroatoms. The van der Waals surface area contributed by atoms with Crippen LogP contribution in [0.4, 0.5) is 5.82 Å². The fraction of sp³-hybridized carbons (Fsp3) is 0.182. The van der Waals surface area contributed by atoms with Crippen LogP contribution >= 0.6 is 0 Å². The number of aromatic nitrogens is 3. The average Bonchev–Trinajstić information content (AvgIpc) is 3.35. The molecule has 0 fully saturated rings. The van der Waals surface area contributed by atoms with Crippen LogP contribution in [-0.2, 0) is 13.0 Å². The molecule has 0 unspecified atom stereocenters. The summed E-state index contributed by atoms with van der Waals surface area (Å²) in [5, 5.41) is 6.30. The number of ether oxygens (including phenoxy) is 1. The minimum Gasteiger partial charge on any atom is -0.497 e. The number of hydrogen-bond donors (Lipinski definition) is 2. The number of anilines is 1. The van der Waals surface area contributed by atoms with E-state index in [1.54, 1.807) is 7.11 Å². The molecule has 3 N–H and O–H groups in total. The molecule has 40 heavy (non-hydrogen) atoms. The van der Waals surface area contributed by atoms with Gasteiger partial charge in [-0.15, -0.1) is 0 Å². The van der Waals surface area contributed by atoms with E-state index in [0.717, 1.165) is 69.2 Å². The monoisotopic (exact) mass is 529 g/mol. The first-order valence-corrected chi connectivity index (χ1v) is 13.5. The summed E-state index contributed by atoms with van der Waals surface area (Å²) in [5.74, 6) is 2.14. The zero-order valence-electron chi connectivity index (χ0n) is 22.4. The number of pyridine rings is 1. The second-order valence-electron chi connectivity index (χ2n) is 9.94. The van der Waals surface area contributed by atoms with E-state index < -0.39 is 0 Å². The molecule has 0 saturated heterocycles. The number of para-hydroxylation sites is 1. The lowest BCUT2D eigenvalue weighted by molar-refractivity contribution is 0.0953. The van der Waals surface area contributed by atoms with Crippen LogP contribution < -0.4 is 15.8 Å². The van der Waals surface area contributed by atoms with Crippen LogP contribution in [0.3, 0.4) is 0 Å². The standard InChI is InChI=1S/C33H31N5O2/c1-40-26-16-12-22(13-17-26)20-29-37-30-31(27-10-4-5-11-28(27)36-32(30)34)38(29)19-7-6-18-35-33(39)25-15-14-23-8-2-3-9-24(23)21-25/h2-5,8-17,21H,6-7,18-20H2,1H3,(H2,34,36)(H,35,39). The summed E-state index contributed by atoms with van der Waals surface area (Å²) in [7, 11) is 1.67. The third-order valence-electron chi connectivity index (χ3n) is 7.32. The predicted octanol–water partition coefficient (Wildman–Crippen LogP) is 6.13. The number of nitrogens with two attached hydrogens (primary N) is 1. The van der Waals surface area contributed by atoms with Gasteiger partial charge in [0.2, 0.25) is 0 Å². The molecule has 2 heterocycles. The number of methoxy groups -OCH3 is 1. The van der Waals surface area contributed by atoms with Gasteiger partial charge in [-0.1, -0.05) is 60.7 Å². The van der Waals surface area contributed by atoms with E-state index in [-0.39, 0.29) is 5.91 Å². The lowest BCUT2D eigenvalue weighted by atomic mass is 10.1. The number of carbonyl (C=O) groups is 1. The Morgan fingerprint density at radius 3 is 2.50 bits per heavy atom. The molecule has 0 spiro atoms. The highest BCUT2D eigenvalue weighted by molar-refractivity contribution is 6.06. The molecule has 1 amide bonds. The molecule has 2 aromatic heterocycles. The molecule has 4 aromatic carbocycles. The third-order valence-corrected chi connectivity index (χ3v) is 7.32. The molecule has 6 rings (SSSR count). The molecule has 7 nitrogen and oxygen atoms in total. The fourth-order valence-corrected chi connectivity index (χ4v) is 5.24. The zero-order valence-corrected chi connectivity index (χ0v) is 22.4. The van der Waals surface area contributed by atoms with E-state index in [4.69, 9.17) is 15.5 Å². The number of unbranched alkanes of at least 4 members (excludes halogenated alkanes) is 1. The molecule has 0 saturated carbocycles. The number of nitrogen functional groups attached to an aromatic ring is 1. The minimum atomic E-state index is -0.0520. The highest BCUT2D eigenvalue weighted by atomic mass is 16.5. The maximum absolute atomic E-state index is 12.8. The number of rotatable bonds is 9. The van der Waals surface area contributed by atoms with E-state index in [9.17, 15) is 4.79 Å². The largest absolute Gasteiger partial charge is 0.497 e. The third kappa shape index (κ3) is 5.06. The van der Waals surface area contributed by atoms with Gasteiger partial charge >= 0.3 is 0 Å². The Morgan fingerprint density at radius 2 is 1.68 bits per heavy atom. The van der Waals surface area contributed by atoms with Crippen LogP contribution in [0.25, 0.3) is 32.7 Å². The second kappa shape index (κ2) is 11.1. The maximum Gasteiger partial charge on any atom is 0.251 e. The van der Waals surface area contributed by atoms with Gasteiger partial charge in [-0.25, -0.2) is 9.97 Å². The first-order chi connectivity index (χ1) is 19.6. The summed E-state index contributed by atoms with van der Waals surface area (Å²) in [4.78, 5) is 22.4. The lowest BCUT2D eigenvalue weighted by Gasteiger charge is -2.12. The number of hydrogen-bond acceptors (Lipinski definition) is 5. The first-order valence-electron chi connectivity index (χ1n) is 13.5. The summed E-state index contributed by atoms with van der Waals surface area (Å²) in [6.45, 7) is 1.35. The molecule has 0 aliphatic carbocycles. The van der Waals surface area contributed by atoms with Crippen LogP contribution in [0.1, 0.15) is 34.6 Å². The van der Waals surface area contributed by atoms with E-state index in [2.05, 4.69) is 33.1 Å². The quantitative estimate of drug-likeness (QED) is 0.220. The average molecular weight is 530 g/mol. The predicted molar refractivity (Wildman–Crippen MR) is 161 cm³/mol. The van der Waals surface area contributed by atoms with Crippen LogP contribution in [0, 0.1) is 0 Å². The van der Waals surface area contributed by atoms with E-state index in [1.807, 2.05) is 72.8 Å². The Kier molecular flexibility index (Phi) is 7.02. The van der Waals surface area contributed by atoms with Crippen molar-refractivity contribution in [3.63, 3.8) is 0 Å². The van der Waals surface area contributed by atoms with Crippen LogP contribution in [-0.4, -0.2) is 34.1 Å². The van der Waals surface area contributed by atoms with Crippen LogP contribution in [0.5, 0.6) is 5.75 Å². The zero-order chi connectivity index (χ0) is 27.5. The summed E-state index contributed by atoms with van der Waals surface area (Å²) in [6.07, 6.45) is 2.36. The SMILES string of the molecule is COc1ccc(Cc2nc3c(N)nc4ccccc4c3n2CCCCNC(=O)c2ccc3ccccc3c2)cc1. The molecule has 6 aromatic rings. The Morgan fingerprint density at radius 1 is 0.900 bits per heavy atom. The number of nitrogens with one attached hydrogen (secondary N) is 1. The molecule has 0 bridgehead atoms. The van der Waals surface area contributed by atoms with Gasteiger partial charge in [0.05, 0.1) is 18.1 Å². The summed E-state index contributed by atoms with van der Waals surface area (Å²) in [5.41, 5.74) is 10.8. The highest BCUT2D eigenvalue weighted by Gasteiger charge is 2.17. The second-order valence-corrected chi connectivity index (χ2v) is 9.94. The van der Waals surface area contributed by atoms with Gasteiger partial charge < -0.3 is 20.4 Å². The van der Waals surface area contributed by atoms with Crippen molar-refractivity contribution in [1.82, 2.24) is 19.9 Å². The number of imidazole rings is 1. The van der Waals surface area contributed by atoms with Crippen molar-refractivity contribution >= 4 is 44.4 Å². The van der Waals surface area contributed by atoms with Crippen molar-refractivity contribution in [2.45, 2.75) is 25.8 Å². The fourth-order valence-electron chi connectivity index (χ4n) is 5.24. The number of aryl methyl sites for hydroxylation is 1. The van der Waals surface area contributed by atoms with Gasteiger partial charge in [0, 0.05) is 30.5 Å².